The molecule has 0 heterocycles. The molecule has 0 saturated heterocycles. The van der Waals surface area contributed by atoms with E-state index < -0.39 is 6.10 Å². The Morgan fingerprint density at radius 3 is 2.43 bits per heavy atom. The summed E-state index contributed by atoms with van der Waals surface area (Å²) in [4.78, 5) is 11.8. The average Bonchev–Trinajstić information content (AvgIpc) is 2.49. The summed E-state index contributed by atoms with van der Waals surface area (Å²) in [5.41, 5.74) is 2.72. The van der Waals surface area contributed by atoms with Crippen LogP contribution in [0.5, 0.6) is 0 Å². The summed E-state index contributed by atoms with van der Waals surface area (Å²) >= 11 is 0. The van der Waals surface area contributed by atoms with Crippen molar-refractivity contribution in [3.05, 3.63) is 71.3 Å². The summed E-state index contributed by atoms with van der Waals surface area (Å²) in [6.07, 6.45) is 0.508. The number of hydrogen-bond acceptors (Lipinski definition) is 3. The third-order valence-corrected chi connectivity index (χ3v) is 3.29. The topological polar surface area (TPSA) is 46.5 Å². The summed E-state index contributed by atoms with van der Waals surface area (Å²) in [6.45, 7) is 2.19. The molecule has 1 atom stereocenters. The molecule has 1 unspecified atom stereocenters. The van der Waals surface area contributed by atoms with Gasteiger partial charge in [-0.25, -0.2) is 4.79 Å². The molecule has 0 fully saturated rings. The van der Waals surface area contributed by atoms with E-state index in [-0.39, 0.29) is 12.6 Å². The van der Waals surface area contributed by atoms with Crippen molar-refractivity contribution >= 4 is 5.97 Å². The first-order chi connectivity index (χ1) is 10.1. The number of esters is 1. The number of carbonyl (C=O) groups is 1. The summed E-state index contributed by atoms with van der Waals surface area (Å²) < 4.78 is 5.18. The lowest BCUT2D eigenvalue weighted by molar-refractivity contribution is 0.0432. The molecule has 0 aliphatic carbocycles. The van der Waals surface area contributed by atoms with Crippen molar-refractivity contribution in [3.8, 4) is 0 Å². The van der Waals surface area contributed by atoms with Crippen molar-refractivity contribution in [2.24, 2.45) is 0 Å². The fourth-order valence-electron chi connectivity index (χ4n) is 2.05. The smallest absolute Gasteiger partial charge is 0.338 e. The van der Waals surface area contributed by atoms with Gasteiger partial charge in [0.25, 0.3) is 0 Å². The molecule has 0 aromatic heterocycles. The number of aliphatic hydroxyl groups excluding tert-OH is 1. The fraction of sp³-hybridized carbons (Fsp3) is 0.278. The minimum atomic E-state index is -0.502. The molecule has 3 heteroatoms. The van der Waals surface area contributed by atoms with Crippen LogP contribution in [0.25, 0.3) is 0 Å². The molecule has 3 nitrogen and oxygen atoms in total. The predicted molar refractivity (Wildman–Crippen MR) is 82.2 cm³/mol. The van der Waals surface area contributed by atoms with Gasteiger partial charge in [-0.2, -0.15) is 0 Å². The average molecular weight is 284 g/mol. The number of aliphatic hydroxyl groups is 1. The van der Waals surface area contributed by atoms with Gasteiger partial charge in [0.2, 0.25) is 0 Å². The van der Waals surface area contributed by atoms with Crippen molar-refractivity contribution in [2.45, 2.75) is 25.9 Å². The standard InChI is InChI=1S/C18H20O3/c1-14-7-9-16(10-8-14)18(20)21-12-11-17(19)13-15-5-3-2-4-6-15/h2-10,17,19H,11-13H2,1H3. The molecule has 0 amide bonds. The van der Waals surface area contributed by atoms with Crippen LogP contribution in [0.4, 0.5) is 0 Å². The maximum absolute atomic E-state index is 11.8. The monoisotopic (exact) mass is 284 g/mol. The Morgan fingerprint density at radius 1 is 1.10 bits per heavy atom. The Morgan fingerprint density at radius 2 is 1.76 bits per heavy atom. The number of carbonyl (C=O) groups excluding carboxylic acids is 1. The molecular weight excluding hydrogens is 264 g/mol. The van der Waals surface area contributed by atoms with Crippen LogP contribution < -0.4 is 0 Å². The third-order valence-electron chi connectivity index (χ3n) is 3.29. The van der Waals surface area contributed by atoms with Gasteiger partial charge in [0.05, 0.1) is 18.3 Å². The van der Waals surface area contributed by atoms with Gasteiger partial charge in [-0.05, 0) is 31.0 Å². The van der Waals surface area contributed by atoms with E-state index in [1.54, 1.807) is 12.1 Å². The Bertz CT molecular complexity index is 561. The fourth-order valence-corrected chi connectivity index (χ4v) is 2.05. The first kappa shape index (κ1) is 15.3. The van der Waals surface area contributed by atoms with Gasteiger partial charge >= 0.3 is 5.97 Å². The maximum Gasteiger partial charge on any atom is 0.338 e. The minimum Gasteiger partial charge on any atom is -0.462 e. The number of rotatable bonds is 6. The van der Waals surface area contributed by atoms with Crippen LogP contribution >= 0.6 is 0 Å². The van der Waals surface area contributed by atoms with Crippen molar-refractivity contribution in [1.29, 1.82) is 0 Å². The first-order valence-electron chi connectivity index (χ1n) is 7.11. The zero-order valence-corrected chi connectivity index (χ0v) is 12.2. The molecule has 2 rings (SSSR count). The summed E-state index contributed by atoms with van der Waals surface area (Å²) in [5.74, 6) is -0.345. The molecule has 0 aliphatic heterocycles. The van der Waals surface area contributed by atoms with Gasteiger partial charge in [0.15, 0.2) is 0 Å². The van der Waals surface area contributed by atoms with Crippen LogP contribution in [0.15, 0.2) is 54.6 Å². The molecule has 21 heavy (non-hydrogen) atoms. The van der Waals surface area contributed by atoms with Gasteiger partial charge in [-0.1, -0.05) is 48.0 Å². The summed E-state index contributed by atoms with van der Waals surface area (Å²) in [5, 5.41) is 9.93. The van der Waals surface area contributed by atoms with Crippen molar-refractivity contribution < 1.29 is 14.6 Å². The SMILES string of the molecule is Cc1ccc(C(=O)OCCC(O)Cc2ccccc2)cc1. The highest BCUT2D eigenvalue weighted by Gasteiger charge is 2.09. The van der Waals surface area contributed by atoms with Crippen LogP contribution in [0.1, 0.15) is 27.9 Å². The van der Waals surface area contributed by atoms with E-state index >= 15 is 0 Å². The number of benzene rings is 2. The van der Waals surface area contributed by atoms with Crippen molar-refractivity contribution in [2.75, 3.05) is 6.61 Å². The van der Waals surface area contributed by atoms with E-state index in [0.717, 1.165) is 11.1 Å². The molecule has 110 valence electrons. The molecule has 2 aromatic carbocycles. The van der Waals surface area contributed by atoms with Gasteiger partial charge < -0.3 is 9.84 Å². The molecule has 1 N–H and O–H groups in total. The van der Waals surface area contributed by atoms with Gasteiger partial charge in [0.1, 0.15) is 0 Å². The first-order valence-corrected chi connectivity index (χ1v) is 7.11. The molecule has 0 saturated carbocycles. The molecule has 2 aromatic rings. The zero-order chi connectivity index (χ0) is 15.1. The Balaban J connectivity index is 1.73. The van der Waals surface area contributed by atoms with E-state index in [2.05, 4.69) is 0 Å². The lowest BCUT2D eigenvalue weighted by atomic mass is 10.1. The van der Waals surface area contributed by atoms with Crippen LogP contribution in [-0.4, -0.2) is 23.8 Å². The van der Waals surface area contributed by atoms with Crippen LogP contribution in [-0.2, 0) is 11.2 Å². The number of hydrogen-bond donors (Lipinski definition) is 1. The number of aryl methyl sites for hydroxylation is 1. The Kier molecular flexibility index (Phi) is 5.52. The molecule has 0 spiro atoms. The normalized spacial score (nSPS) is 11.9. The molecule has 0 aliphatic rings. The van der Waals surface area contributed by atoms with E-state index in [1.807, 2.05) is 49.4 Å². The second-order valence-electron chi connectivity index (χ2n) is 5.13. The largest absolute Gasteiger partial charge is 0.462 e. The Labute approximate surface area is 125 Å². The predicted octanol–water partition coefficient (Wildman–Crippen LogP) is 3.15. The number of ether oxygens (including phenoxy) is 1. The second kappa shape index (κ2) is 7.60. The molecular formula is C18H20O3. The summed E-state index contributed by atoms with van der Waals surface area (Å²) in [6, 6.07) is 17.0. The third kappa shape index (κ3) is 5.04. The van der Waals surface area contributed by atoms with Crippen LogP contribution in [0, 0.1) is 6.92 Å². The van der Waals surface area contributed by atoms with Crippen molar-refractivity contribution in [3.63, 3.8) is 0 Å². The molecule has 0 radical (unpaired) electrons. The second-order valence-corrected chi connectivity index (χ2v) is 5.13. The van der Waals surface area contributed by atoms with Crippen LogP contribution in [0.2, 0.25) is 0 Å². The highest BCUT2D eigenvalue weighted by Crippen LogP contribution is 2.08. The van der Waals surface area contributed by atoms with Crippen LogP contribution in [0.3, 0.4) is 0 Å². The minimum absolute atomic E-state index is 0.223. The lowest BCUT2D eigenvalue weighted by Crippen LogP contribution is -2.15. The van der Waals surface area contributed by atoms with E-state index in [4.69, 9.17) is 4.74 Å². The molecule has 0 bridgehead atoms. The highest BCUT2D eigenvalue weighted by molar-refractivity contribution is 5.89. The van der Waals surface area contributed by atoms with Gasteiger partial charge in [-0.15, -0.1) is 0 Å². The van der Waals surface area contributed by atoms with E-state index in [1.165, 1.54) is 0 Å². The quantitative estimate of drug-likeness (QED) is 0.829. The van der Waals surface area contributed by atoms with E-state index in [0.29, 0.717) is 18.4 Å². The van der Waals surface area contributed by atoms with Gasteiger partial charge in [-0.3, -0.25) is 0 Å². The van der Waals surface area contributed by atoms with Gasteiger partial charge in [0, 0.05) is 6.42 Å². The lowest BCUT2D eigenvalue weighted by Gasteiger charge is -2.11. The van der Waals surface area contributed by atoms with Crippen molar-refractivity contribution in [1.82, 2.24) is 0 Å². The highest BCUT2D eigenvalue weighted by atomic mass is 16.5. The maximum atomic E-state index is 11.8. The summed E-state index contributed by atoms with van der Waals surface area (Å²) in [7, 11) is 0. The Hall–Kier alpha value is -2.13. The zero-order valence-electron chi connectivity index (χ0n) is 12.2. The van der Waals surface area contributed by atoms with E-state index in [9.17, 15) is 9.90 Å².